The van der Waals surface area contributed by atoms with Crippen LogP contribution in [0.15, 0.2) is 0 Å². The van der Waals surface area contributed by atoms with E-state index in [-0.39, 0.29) is 0 Å². The second-order valence-corrected chi connectivity index (χ2v) is 5.68. The zero-order valence-electron chi connectivity index (χ0n) is 12.0. The summed E-state index contributed by atoms with van der Waals surface area (Å²) in [5.41, 5.74) is 0. The molecule has 3 nitrogen and oxygen atoms in total. The van der Waals surface area contributed by atoms with Crippen LogP contribution in [0.1, 0.15) is 38.5 Å². The van der Waals surface area contributed by atoms with Crippen molar-refractivity contribution < 1.29 is 0 Å². The van der Waals surface area contributed by atoms with Crippen molar-refractivity contribution in [3.63, 3.8) is 0 Å². The number of rotatable bonds is 8. The maximum atomic E-state index is 3.58. The Morgan fingerprint density at radius 1 is 1.18 bits per heavy atom. The van der Waals surface area contributed by atoms with Crippen LogP contribution in [0, 0.1) is 0 Å². The summed E-state index contributed by atoms with van der Waals surface area (Å²) in [5, 5.41) is 3.58. The van der Waals surface area contributed by atoms with E-state index in [0.29, 0.717) is 0 Å². The molecule has 1 aliphatic heterocycles. The first-order chi connectivity index (χ1) is 8.20. The normalized spacial score (nSPS) is 22.2. The van der Waals surface area contributed by atoms with Crippen LogP contribution >= 0.6 is 0 Å². The molecule has 102 valence electrons. The van der Waals surface area contributed by atoms with Gasteiger partial charge in [0.15, 0.2) is 0 Å². The fraction of sp³-hybridized carbons (Fsp3) is 1.00. The van der Waals surface area contributed by atoms with Gasteiger partial charge in [-0.25, -0.2) is 0 Å². The van der Waals surface area contributed by atoms with E-state index in [0.717, 1.165) is 6.04 Å². The Morgan fingerprint density at radius 2 is 2.00 bits per heavy atom. The molecule has 0 aromatic heterocycles. The van der Waals surface area contributed by atoms with Crippen molar-refractivity contribution in [1.82, 2.24) is 15.1 Å². The third-order valence-corrected chi connectivity index (χ3v) is 3.78. The third kappa shape index (κ3) is 7.02. The molecule has 0 spiro atoms. The van der Waals surface area contributed by atoms with Crippen molar-refractivity contribution in [2.45, 2.75) is 44.6 Å². The molecule has 1 unspecified atom stereocenters. The van der Waals surface area contributed by atoms with Gasteiger partial charge in [0.1, 0.15) is 0 Å². The minimum atomic E-state index is 0.832. The maximum Gasteiger partial charge on any atom is 0.0104 e. The van der Waals surface area contributed by atoms with Crippen molar-refractivity contribution in [2.24, 2.45) is 0 Å². The van der Waals surface area contributed by atoms with E-state index in [4.69, 9.17) is 0 Å². The molecular weight excluding hydrogens is 210 g/mol. The number of likely N-dealkylation sites (tertiary alicyclic amines) is 1. The highest BCUT2D eigenvalue weighted by Crippen LogP contribution is 2.16. The van der Waals surface area contributed by atoms with E-state index < -0.39 is 0 Å². The summed E-state index contributed by atoms with van der Waals surface area (Å²) < 4.78 is 0. The van der Waals surface area contributed by atoms with Crippen LogP contribution in [0.2, 0.25) is 0 Å². The monoisotopic (exact) mass is 241 g/mol. The Bertz CT molecular complexity index is 182. The molecule has 0 aromatic rings. The zero-order chi connectivity index (χ0) is 12.5. The van der Waals surface area contributed by atoms with Gasteiger partial charge in [0, 0.05) is 6.04 Å². The average Bonchev–Trinajstić information content (AvgIpc) is 2.30. The van der Waals surface area contributed by atoms with E-state index >= 15 is 0 Å². The highest BCUT2D eigenvalue weighted by atomic mass is 15.1. The Labute approximate surface area is 108 Å². The Balaban J connectivity index is 1.89. The van der Waals surface area contributed by atoms with Crippen LogP contribution in [0.4, 0.5) is 0 Å². The molecule has 0 amide bonds. The number of piperidine rings is 1. The number of hydrogen-bond acceptors (Lipinski definition) is 3. The molecule has 17 heavy (non-hydrogen) atoms. The Kier molecular flexibility index (Phi) is 7.82. The van der Waals surface area contributed by atoms with Gasteiger partial charge in [-0.15, -0.1) is 0 Å². The summed E-state index contributed by atoms with van der Waals surface area (Å²) in [7, 11) is 6.57. The van der Waals surface area contributed by atoms with E-state index in [2.05, 4.69) is 36.3 Å². The largest absolute Gasteiger partial charge is 0.317 e. The lowest BCUT2D eigenvalue weighted by Gasteiger charge is -2.32. The first-order valence-electron chi connectivity index (χ1n) is 7.26. The maximum absolute atomic E-state index is 3.58. The summed E-state index contributed by atoms with van der Waals surface area (Å²) in [6.45, 7) is 4.89. The van der Waals surface area contributed by atoms with Gasteiger partial charge in [-0.2, -0.15) is 0 Å². The molecule has 1 aliphatic rings. The van der Waals surface area contributed by atoms with Crippen LogP contribution in [0.3, 0.4) is 0 Å². The average molecular weight is 241 g/mol. The van der Waals surface area contributed by atoms with Crippen molar-refractivity contribution in [3.8, 4) is 0 Å². The number of nitrogens with one attached hydrogen (secondary N) is 1. The van der Waals surface area contributed by atoms with E-state index in [1.165, 1.54) is 64.7 Å². The van der Waals surface area contributed by atoms with Gasteiger partial charge in [-0.3, -0.25) is 0 Å². The van der Waals surface area contributed by atoms with Crippen LogP contribution < -0.4 is 5.32 Å². The lowest BCUT2D eigenvalue weighted by Crippen LogP contribution is -2.38. The predicted molar refractivity (Wildman–Crippen MR) is 75.5 cm³/mol. The lowest BCUT2D eigenvalue weighted by molar-refractivity contribution is 0.175. The van der Waals surface area contributed by atoms with Crippen molar-refractivity contribution in [1.29, 1.82) is 0 Å². The van der Waals surface area contributed by atoms with Gasteiger partial charge < -0.3 is 15.1 Å². The molecule has 0 radical (unpaired) electrons. The van der Waals surface area contributed by atoms with Crippen LogP contribution in [0.25, 0.3) is 0 Å². The Hall–Kier alpha value is -0.120. The molecule has 3 heteroatoms. The summed E-state index contributed by atoms with van der Waals surface area (Å²) in [5.74, 6) is 0. The highest BCUT2D eigenvalue weighted by molar-refractivity contribution is 4.74. The molecule has 1 heterocycles. The quantitative estimate of drug-likeness (QED) is 0.654. The zero-order valence-corrected chi connectivity index (χ0v) is 12.0. The minimum Gasteiger partial charge on any atom is -0.317 e. The van der Waals surface area contributed by atoms with Crippen molar-refractivity contribution in [3.05, 3.63) is 0 Å². The molecule has 1 saturated heterocycles. The van der Waals surface area contributed by atoms with Crippen LogP contribution in [-0.4, -0.2) is 63.2 Å². The molecule has 1 fully saturated rings. The summed E-state index contributed by atoms with van der Waals surface area (Å²) in [6, 6.07) is 0.832. The molecule has 1 atom stereocenters. The molecule has 0 aromatic carbocycles. The Morgan fingerprint density at radius 3 is 2.71 bits per heavy atom. The van der Waals surface area contributed by atoms with Gasteiger partial charge in [0.25, 0.3) is 0 Å². The molecule has 0 bridgehead atoms. The molecule has 0 saturated carbocycles. The predicted octanol–water partition coefficient (Wildman–Crippen LogP) is 1.79. The topological polar surface area (TPSA) is 18.5 Å². The molecule has 1 rings (SSSR count). The summed E-state index contributed by atoms with van der Waals surface area (Å²) >= 11 is 0. The van der Waals surface area contributed by atoms with E-state index in [1.54, 1.807) is 0 Å². The van der Waals surface area contributed by atoms with Gasteiger partial charge >= 0.3 is 0 Å². The smallest absolute Gasteiger partial charge is 0.0104 e. The fourth-order valence-electron chi connectivity index (χ4n) is 2.58. The molecular formula is C14H31N3. The van der Waals surface area contributed by atoms with Gasteiger partial charge in [0.2, 0.25) is 0 Å². The van der Waals surface area contributed by atoms with Gasteiger partial charge in [0.05, 0.1) is 0 Å². The number of unbranched alkanes of at least 4 members (excludes halogenated alkanes) is 1. The summed E-state index contributed by atoms with van der Waals surface area (Å²) in [6.07, 6.45) is 8.16. The minimum absolute atomic E-state index is 0.832. The standard InChI is InChI=1S/C14H31N3/c1-16(2)12-7-5-10-15-11-9-14-8-4-6-13-17(14)3/h14-15H,4-13H2,1-3H3. The number of hydrogen-bond donors (Lipinski definition) is 1. The lowest BCUT2D eigenvalue weighted by atomic mass is 10.0. The summed E-state index contributed by atoms with van der Waals surface area (Å²) in [4.78, 5) is 4.80. The number of nitrogens with zero attached hydrogens (tertiary/aromatic N) is 2. The second-order valence-electron chi connectivity index (χ2n) is 5.68. The fourth-order valence-corrected chi connectivity index (χ4v) is 2.58. The second kappa shape index (κ2) is 8.90. The van der Waals surface area contributed by atoms with E-state index in [1.807, 2.05) is 0 Å². The van der Waals surface area contributed by atoms with Crippen molar-refractivity contribution >= 4 is 0 Å². The first-order valence-corrected chi connectivity index (χ1v) is 7.26. The van der Waals surface area contributed by atoms with Crippen LogP contribution in [0.5, 0.6) is 0 Å². The van der Waals surface area contributed by atoms with Crippen molar-refractivity contribution in [2.75, 3.05) is 47.3 Å². The van der Waals surface area contributed by atoms with Gasteiger partial charge in [-0.1, -0.05) is 6.42 Å². The SMILES string of the molecule is CN(C)CCCCNCCC1CCCCN1C. The van der Waals surface area contributed by atoms with E-state index in [9.17, 15) is 0 Å². The molecule has 1 N–H and O–H groups in total. The first kappa shape index (κ1) is 14.9. The third-order valence-electron chi connectivity index (χ3n) is 3.78. The highest BCUT2D eigenvalue weighted by Gasteiger charge is 2.17. The molecule has 0 aliphatic carbocycles. The van der Waals surface area contributed by atoms with Gasteiger partial charge in [-0.05, 0) is 79.4 Å². The van der Waals surface area contributed by atoms with Crippen LogP contribution in [-0.2, 0) is 0 Å².